The van der Waals surface area contributed by atoms with Crippen molar-refractivity contribution in [1.29, 1.82) is 0 Å². The van der Waals surface area contributed by atoms with Gasteiger partial charge < -0.3 is 33.8 Å². The molecular formula is C80H156O17P2. The highest BCUT2D eigenvalue weighted by Crippen LogP contribution is 2.45. The van der Waals surface area contributed by atoms with Crippen LogP contribution in [0.3, 0.4) is 0 Å². The number of esters is 4. The summed E-state index contributed by atoms with van der Waals surface area (Å²) in [7, 11) is -9.92. The Hall–Kier alpha value is -1.94. The summed E-state index contributed by atoms with van der Waals surface area (Å²) in [6, 6.07) is 0. The lowest BCUT2D eigenvalue weighted by Crippen LogP contribution is -2.30. The Bertz CT molecular complexity index is 1940. The molecule has 0 radical (unpaired) electrons. The first kappa shape index (κ1) is 97.1. The first-order valence-corrected chi connectivity index (χ1v) is 44.2. The molecule has 0 aromatic heterocycles. The summed E-state index contributed by atoms with van der Waals surface area (Å²) in [6.07, 6.45) is 55.7. The van der Waals surface area contributed by atoms with E-state index in [0.717, 1.165) is 114 Å². The van der Waals surface area contributed by atoms with Gasteiger partial charge >= 0.3 is 39.5 Å². The second kappa shape index (κ2) is 69.1. The molecule has 6 atom stereocenters. The van der Waals surface area contributed by atoms with Crippen LogP contribution in [0.5, 0.6) is 0 Å². The SMILES string of the molecule is CCC(C)CCCCCCCCCCCCCCCCCCCCC(=O)O[C@H](COC(=O)CCCCCCCCCCC(C)C)COP(=O)(O)OCC(O)COP(=O)(O)OC[C@@H](COC(=O)CCCCCCCCCC(C)C)OC(=O)CCCCCCCCCCCCCCCC(C)C. The summed E-state index contributed by atoms with van der Waals surface area (Å²) in [6.45, 7) is 14.2. The van der Waals surface area contributed by atoms with Gasteiger partial charge in [0.1, 0.15) is 19.3 Å². The fourth-order valence-corrected chi connectivity index (χ4v) is 13.8. The third kappa shape index (κ3) is 72.8. The summed E-state index contributed by atoms with van der Waals surface area (Å²) in [5.74, 6) is 0.971. The summed E-state index contributed by atoms with van der Waals surface area (Å²) in [5.41, 5.74) is 0. The maximum Gasteiger partial charge on any atom is 0.472 e. The van der Waals surface area contributed by atoms with Gasteiger partial charge in [0.25, 0.3) is 0 Å². The van der Waals surface area contributed by atoms with Crippen LogP contribution in [0.15, 0.2) is 0 Å². The zero-order chi connectivity index (χ0) is 73.1. The second-order valence-corrected chi connectivity index (χ2v) is 33.4. The third-order valence-corrected chi connectivity index (χ3v) is 20.8. The molecule has 0 saturated heterocycles. The first-order chi connectivity index (χ1) is 47.6. The highest BCUT2D eigenvalue weighted by atomic mass is 31.2. The van der Waals surface area contributed by atoms with Crippen LogP contribution in [-0.2, 0) is 65.4 Å². The standard InChI is InChI=1S/C80H156O17P2/c1-9-73(8)59-51-43-35-26-22-18-14-12-10-11-13-15-19-23-27-37-46-54-62-79(84)96-75(66-90-77(82)60-52-44-36-30-29-33-41-49-57-71(4)5)68-94-98(86,87)92-64-74(81)65-93-99(88,89)95-69-76(67-91-78(83)61-53-45-39-31-34-42-50-58-72(6)7)97-80(85)63-55-47-38-28-24-20-16-17-21-25-32-40-48-56-70(2)3/h70-76,81H,9-69H2,1-8H3,(H,86,87)(H,88,89)/t73?,74?,75-,76-/m1/s1. The molecule has 0 rings (SSSR count). The molecule has 0 aromatic carbocycles. The Morgan fingerprint density at radius 1 is 0.283 bits per heavy atom. The number of rotatable bonds is 77. The van der Waals surface area contributed by atoms with Gasteiger partial charge in [-0.1, -0.05) is 357 Å². The molecule has 99 heavy (non-hydrogen) atoms. The lowest BCUT2D eigenvalue weighted by atomic mass is 9.99. The number of aliphatic hydroxyl groups excluding tert-OH is 1. The van der Waals surface area contributed by atoms with E-state index in [4.69, 9.17) is 37.0 Å². The molecule has 0 spiro atoms. The highest BCUT2D eigenvalue weighted by molar-refractivity contribution is 7.47. The van der Waals surface area contributed by atoms with E-state index in [1.807, 2.05) is 0 Å². The molecular weight excluding hydrogens is 1290 g/mol. The number of carbonyl (C=O) groups excluding carboxylic acids is 4. The molecule has 0 aliphatic heterocycles. The molecule has 0 aliphatic rings. The van der Waals surface area contributed by atoms with Crippen LogP contribution < -0.4 is 0 Å². The summed E-state index contributed by atoms with van der Waals surface area (Å²) in [5, 5.41) is 10.6. The monoisotopic (exact) mass is 1450 g/mol. The van der Waals surface area contributed by atoms with Crippen molar-refractivity contribution in [1.82, 2.24) is 0 Å². The second-order valence-electron chi connectivity index (χ2n) is 30.5. The predicted octanol–water partition coefficient (Wildman–Crippen LogP) is 23.6. The zero-order valence-corrected chi connectivity index (χ0v) is 66.9. The van der Waals surface area contributed by atoms with E-state index in [0.29, 0.717) is 31.6 Å². The molecule has 17 nitrogen and oxygen atoms in total. The molecule has 3 N–H and O–H groups in total. The Labute approximate surface area is 607 Å². The average Bonchev–Trinajstić information content (AvgIpc) is 0.973. The number of ether oxygens (including phenoxy) is 4. The molecule has 0 aromatic rings. The van der Waals surface area contributed by atoms with Gasteiger partial charge in [-0.15, -0.1) is 0 Å². The Kier molecular flexibility index (Phi) is 67.8. The minimum Gasteiger partial charge on any atom is -0.462 e. The van der Waals surface area contributed by atoms with E-state index in [2.05, 4.69) is 55.4 Å². The fourth-order valence-electron chi connectivity index (χ4n) is 12.2. The smallest absolute Gasteiger partial charge is 0.462 e. The molecule has 588 valence electrons. The first-order valence-electron chi connectivity index (χ1n) is 41.2. The fraction of sp³-hybridized carbons (Fsp3) is 0.950. The van der Waals surface area contributed by atoms with Crippen LogP contribution in [0.1, 0.15) is 409 Å². The number of aliphatic hydroxyl groups is 1. The van der Waals surface area contributed by atoms with Gasteiger partial charge in [0.15, 0.2) is 12.2 Å². The van der Waals surface area contributed by atoms with Gasteiger partial charge in [-0.05, 0) is 49.4 Å². The van der Waals surface area contributed by atoms with Crippen molar-refractivity contribution in [2.45, 2.75) is 427 Å². The minimum absolute atomic E-state index is 0.106. The number of hydrogen-bond donors (Lipinski definition) is 3. The van der Waals surface area contributed by atoms with Crippen LogP contribution in [0.25, 0.3) is 0 Å². The van der Waals surface area contributed by atoms with Crippen LogP contribution in [-0.4, -0.2) is 96.7 Å². The van der Waals surface area contributed by atoms with Gasteiger partial charge in [-0.25, -0.2) is 9.13 Å². The molecule has 0 fully saturated rings. The van der Waals surface area contributed by atoms with Gasteiger partial charge in [0.05, 0.1) is 26.4 Å². The van der Waals surface area contributed by atoms with E-state index >= 15 is 0 Å². The van der Waals surface area contributed by atoms with Crippen LogP contribution in [0.2, 0.25) is 0 Å². The van der Waals surface area contributed by atoms with Crippen molar-refractivity contribution >= 4 is 39.5 Å². The normalized spacial score (nSPS) is 14.3. The van der Waals surface area contributed by atoms with Gasteiger partial charge in [0.2, 0.25) is 0 Å². The molecule has 0 bridgehead atoms. The van der Waals surface area contributed by atoms with Crippen LogP contribution in [0, 0.1) is 23.7 Å². The van der Waals surface area contributed by atoms with Crippen LogP contribution in [0.4, 0.5) is 0 Å². The maximum atomic E-state index is 13.1. The summed E-state index contributed by atoms with van der Waals surface area (Å²) >= 11 is 0. The number of phosphoric acid groups is 2. The van der Waals surface area contributed by atoms with Gasteiger partial charge in [-0.2, -0.15) is 0 Å². The molecule has 4 unspecified atom stereocenters. The van der Waals surface area contributed by atoms with Crippen LogP contribution >= 0.6 is 15.6 Å². The third-order valence-electron chi connectivity index (χ3n) is 18.9. The molecule has 0 saturated carbocycles. The van der Waals surface area contributed by atoms with E-state index < -0.39 is 97.5 Å². The highest BCUT2D eigenvalue weighted by Gasteiger charge is 2.30. The van der Waals surface area contributed by atoms with Crippen molar-refractivity contribution in [2.75, 3.05) is 39.6 Å². The largest absolute Gasteiger partial charge is 0.472 e. The lowest BCUT2D eigenvalue weighted by molar-refractivity contribution is -0.161. The van der Waals surface area contributed by atoms with Gasteiger partial charge in [-0.3, -0.25) is 37.3 Å². The Balaban J connectivity index is 5.18. The van der Waals surface area contributed by atoms with Crippen molar-refractivity contribution < 1.29 is 80.2 Å². The molecule has 0 heterocycles. The zero-order valence-electron chi connectivity index (χ0n) is 65.1. The number of carbonyl (C=O) groups is 4. The van der Waals surface area contributed by atoms with E-state index in [-0.39, 0.29) is 25.7 Å². The molecule has 0 aliphatic carbocycles. The maximum absolute atomic E-state index is 13.1. The Morgan fingerprint density at radius 3 is 0.717 bits per heavy atom. The van der Waals surface area contributed by atoms with E-state index in [1.165, 1.54) is 205 Å². The molecule has 0 amide bonds. The predicted molar refractivity (Wildman–Crippen MR) is 404 cm³/mol. The topological polar surface area (TPSA) is 237 Å². The van der Waals surface area contributed by atoms with Crippen molar-refractivity contribution in [3.63, 3.8) is 0 Å². The number of phosphoric ester groups is 2. The van der Waals surface area contributed by atoms with Gasteiger partial charge in [0, 0.05) is 25.7 Å². The Morgan fingerprint density at radius 2 is 0.485 bits per heavy atom. The number of unbranched alkanes of at least 4 members (excludes halogenated alkanes) is 42. The van der Waals surface area contributed by atoms with Crippen molar-refractivity contribution in [3.8, 4) is 0 Å². The minimum atomic E-state index is -4.96. The lowest BCUT2D eigenvalue weighted by Gasteiger charge is -2.21. The van der Waals surface area contributed by atoms with E-state index in [9.17, 15) is 43.2 Å². The summed E-state index contributed by atoms with van der Waals surface area (Å²) < 4.78 is 68.6. The van der Waals surface area contributed by atoms with Crippen molar-refractivity contribution in [3.05, 3.63) is 0 Å². The summed E-state index contributed by atoms with van der Waals surface area (Å²) in [4.78, 5) is 72.9. The van der Waals surface area contributed by atoms with E-state index in [1.54, 1.807) is 0 Å². The van der Waals surface area contributed by atoms with Crippen molar-refractivity contribution in [2.24, 2.45) is 23.7 Å². The number of hydrogen-bond acceptors (Lipinski definition) is 15. The quantitative estimate of drug-likeness (QED) is 0.0222. The average molecular weight is 1450 g/mol. The molecule has 19 heteroatoms.